The molecule has 3 aromatic rings. The van der Waals surface area contributed by atoms with Crippen molar-refractivity contribution in [2.45, 2.75) is 13.1 Å². The highest BCUT2D eigenvalue weighted by atomic mass is 32.1. The van der Waals surface area contributed by atoms with Crippen molar-refractivity contribution in [1.82, 2.24) is 9.97 Å². The molecule has 0 radical (unpaired) electrons. The molecule has 0 atom stereocenters. The van der Waals surface area contributed by atoms with Crippen molar-refractivity contribution in [3.63, 3.8) is 0 Å². The topological polar surface area (TPSA) is 92.2 Å². The average Bonchev–Trinajstić information content (AvgIpc) is 2.97. The Balaban J connectivity index is 1.85. The van der Waals surface area contributed by atoms with Gasteiger partial charge in [0.05, 0.1) is 21.3 Å². The Morgan fingerprint density at radius 2 is 1.92 bits per heavy atom. The molecule has 134 valence electrons. The molecule has 0 aliphatic rings. The van der Waals surface area contributed by atoms with Crippen molar-refractivity contribution in [2.24, 2.45) is 0 Å². The third-order valence-electron chi connectivity index (χ3n) is 3.47. The summed E-state index contributed by atoms with van der Waals surface area (Å²) in [5, 5.41) is 11.8. The minimum Gasteiger partial charge on any atom is -0.478 e. The Hall–Kier alpha value is -3.01. The van der Waals surface area contributed by atoms with E-state index in [4.69, 9.17) is 5.11 Å². The molecule has 10 heteroatoms. The number of nitrogens with zero attached hydrogens (tertiary/aromatic N) is 2. The molecule has 1 aromatic carbocycles. The number of carboxylic acid groups (broad SMARTS) is 1. The molecule has 26 heavy (non-hydrogen) atoms. The van der Waals surface area contributed by atoms with Gasteiger partial charge in [0.2, 0.25) is 0 Å². The molecule has 0 bridgehead atoms. The number of rotatable bonds is 3. The lowest BCUT2D eigenvalue weighted by Crippen LogP contribution is -2.14. The van der Waals surface area contributed by atoms with Crippen LogP contribution in [0, 0.1) is 6.92 Å². The van der Waals surface area contributed by atoms with Gasteiger partial charge in [-0.15, -0.1) is 0 Å². The van der Waals surface area contributed by atoms with Crippen molar-refractivity contribution < 1.29 is 27.9 Å². The Morgan fingerprint density at radius 3 is 2.50 bits per heavy atom. The van der Waals surface area contributed by atoms with Crippen LogP contribution in [0.5, 0.6) is 0 Å². The van der Waals surface area contributed by atoms with Crippen molar-refractivity contribution in [3.05, 3.63) is 52.8 Å². The fourth-order valence-electron chi connectivity index (χ4n) is 2.24. The summed E-state index contributed by atoms with van der Waals surface area (Å²) >= 11 is 1.07. The number of alkyl halides is 3. The van der Waals surface area contributed by atoms with Crippen LogP contribution in [-0.2, 0) is 6.18 Å². The molecule has 0 aliphatic carbocycles. The zero-order valence-electron chi connectivity index (χ0n) is 13.1. The minimum absolute atomic E-state index is 0.0554. The molecule has 1 amide bonds. The molecule has 6 nitrogen and oxygen atoms in total. The minimum atomic E-state index is -4.58. The number of carboxylic acids is 1. The SMILES string of the molecule is Cc1cc(C(=O)O)cc2sc(NC(=O)c3ccc(C(F)(F)F)nc3)nc12. The van der Waals surface area contributed by atoms with E-state index in [9.17, 15) is 22.8 Å². The molecule has 0 unspecified atom stereocenters. The van der Waals surface area contributed by atoms with E-state index >= 15 is 0 Å². The first-order chi connectivity index (χ1) is 12.1. The second kappa shape index (κ2) is 6.37. The van der Waals surface area contributed by atoms with E-state index in [1.165, 1.54) is 12.1 Å². The lowest BCUT2D eigenvalue weighted by Gasteiger charge is -2.06. The molecule has 0 aliphatic heterocycles. The largest absolute Gasteiger partial charge is 0.478 e. The molecule has 2 aromatic heterocycles. The number of carbonyl (C=O) groups excluding carboxylic acids is 1. The quantitative estimate of drug-likeness (QED) is 0.716. The van der Waals surface area contributed by atoms with Crippen molar-refractivity contribution in [1.29, 1.82) is 0 Å². The van der Waals surface area contributed by atoms with Crippen molar-refractivity contribution >= 4 is 38.6 Å². The molecule has 2 N–H and O–H groups in total. The number of aromatic carboxylic acids is 1. The molecule has 3 rings (SSSR count). The maximum Gasteiger partial charge on any atom is 0.433 e. The molecular weight excluding hydrogens is 371 g/mol. The van der Waals surface area contributed by atoms with Crippen molar-refractivity contribution in [2.75, 3.05) is 5.32 Å². The molecule has 0 spiro atoms. The predicted octanol–water partition coefficient (Wildman–Crippen LogP) is 3.97. The van der Waals surface area contributed by atoms with Gasteiger partial charge in [-0.2, -0.15) is 13.2 Å². The summed E-state index contributed by atoms with van der Waals surface area (Å²) in [5.74, 6) is -1.74. The average molecular weight is 381 g/mol. The normalized spacial score (nSPS) is 11.5. The van der Waals surface area contributed by atoms with Gasteiger partial charge in [-0.25, -0.2) is 9.78 Å². The summed E-state index contributed by atoms with van der Waals surface area (Å²) in [6, 6.07) is 4.65. The number of aryl methyl sites for hydroxylation is 1. The highest BCUT2D eigenvalue weighted by Crippen LogP contribution is 2.30. The zero-order valence-corrected chi connectivity index (χ0v) is 13.9. The highest BCUT2D eigenvalue weighted by Gasteiger charge is 2.32. The van der Waals surface area contributed by atoms with Crippen LogP contribution in [0.1, 0.15) is 32.0 Å². The van der Waals surface area contributed by atoms with Crippen LogP contribution in [0.2, 0.25) is 0 Å². The maximum atomic E-state index is 12.5. The summed E-state index contributed by atoms with van der Waals surface area (Å²) in [4.78, 5) is 30.7. The van der Waals surface area contributed by atoms with E-state index in [0.29, 0.717) is 15.8 Å². The van der Waals surface area contributed by atoms with E-state index in [2.05, 4.69) is 15.3 Å². The summed E-state index contributed by atoms with van der Waals surface area (Å²) in [7, 11) is 0. The zero-order chi connectivity index (χ0) is 19.1. The Bertz CT molecular complexity index is 1010. The van der Waals surface area contributed by atoms with Gasteiger partial charge in [-0.05, 0) is 36.8 Å². The number of fused-ring (bicyclic) bond motifs is 1. The monoisotopic (exact) mass is 381 g/mol. The van der Waals surface area contributed by atoms with Gasteiger partial charge in [0.25, 0.3) is 5.91 Å². The van der Waals surface area contributed by atoms with Crippen molar-refractivity contribution in [3.8, 4) is 0 Å². The van der Waals surface area contributed by atoms with E-state index in [1.54, 1.807) is 6.92 Å². The second-order valence-electron chi connectivity index (χ2n) is 5.35. The smallest absolute Gasteiger partial charge is 0.433 e. The van der Waals surface area contributed by atoms with Crippen LogP contribution in [0.3, 0.4) is 0 Å². The van der Waals surface area contributed by atoms with Crippen LogP contribution >= 0.6 is 11.3 Å². The lowest BCUT2D eigenvalue weighted by molar-refractivity contribution is -0.141. The summed E-state index contributed by atoms with van der Waals surface area (Å²) in [6.07, 6.45) is -3.75. The summed E-state index contributed by atoms with van der Waals surface area (Å²) < 4.78 is 38.1. The van der Waals surface area contributed by atoms with Gasteiger partial charge in [-0.3, -0.25) is 15.1 Å². The summed E-state index contributed by atoms with van der Waals surface area (Å²) in [5.41, 5.74) is 0.128. The Morgan fingerprint density at radius 1 is 1.19 bits per heavy atom. The molecular formula is C16H10F3N3O3S. The molecule has 0 fully saturated rings. The van der Waals surface area contributed by atoms with Gasteiger partial charge in [0.1, 0.15) is 5.69 Å². The standard InChI is InChI=1S/C16H10F3N3O3S/c1-7-4-9(14(24)25)5-10-12(7)21-15(26-10)22-13(23)8-2-3-11(20-6-8)16(17,18)19/h2-6H,1H3,(H,24,25)(H,21,22,23). The number of benzene rings is 1. The second-order valence-corrected chi connectivity index (χ2v) is 6.38. The number of hydrogen-bond donors (Lipinski definition) is 2. The van der Waals surface area contributed by atoms with Gasteiger partial charge < -0.3 is 5.11 Å². The van der Waals surface area contributed by atoms with Gasteiger partial charge >= 0.3 is 12.1 Å². The molecule has 0 saturated carbocycles. The number of pyridine rings is 1. The molecule has 2 heterocycles. The van der Waals surface area contributed by atoms with E-state index in [-0.39, 0.29) is 16.3 Å². The highest BCUT2D eigenvalue weighted by molar-refractivity contribution is 7.22. The number of thiazole rings is 1. The van der Waals surface area contributed by atoms with Gasteiger partial charge in [0.15, 0.2) is 5.13 Å². The fourth-order valence-corrected chi connectivity index (χ4v) is 3.22. The van der Waals surface area contributed by atoms with Crippen LogP contribution in [-0.4, -0.2) is 27.0 Å². The lowest BCUT2D eigenvalue weighted by atomic mass is 10.1. The Kier molecular flexibility index (Phi) is 4.36. The molecule has 0 saturated heterocycles. The first-order valence-corrected chi connectivity index (χ1v) is 7.96. The van der Waals surface area contributed by atoms with Gasteiger partial charge in [0, 0.05) is 6.20 Å². The first-order valence-electron chi connectivity index (χ1n) is 7.14. The summed E-state index contributed by atoms with van der Waals surface area (Å²) in [6.45, 7) is 1.69. The van der Waals surface area contributed by atoms with E-state index in [1.807, 2.05) is 0 Å². The Labute approximate surface area is 148 Å². The fraction of sp³-hybridized carbons (Fsp3) is 0.125. The first kappa shape index (κ1) is 17.8. The van der Waals surface area contributed by atoms with Gasteiger partial charge in [-0.1, -0.05) is 11.3 Å². The number of halogens is 3. The number of anilines is 1. The third-order valence-corrected chi connectivity index (χ3v) is 4.39. The van der Waals surface area contributed by atoms with Crippen LogP contribution < -0.4 is 5.32 Å². The predicted molar refractivity (Wildman–Crippen MR) is 88.5 cm³/mol. The van der Waals surface area contributed by atoms with E-state index < -0.39 is 23.7 Å². The number of hydrogen-bond acceptors (Lipinski definition) is 5. The van der Waals surface area contributed by atoms with Crippen LogP contribution in [0.15, 0.2) is 30.5 Å². The number of carbonyl (C=O) groups is 2. The number of nitrogens with one attached hydrogen (secondary N) is 1. The van der Waals surface area contributed by atoms with E-state index in [0.717, 1.165) is 29.7 Å². The van der Waals surface area contributed by atoms with Crippen LogP contribution in [0.4, 0.5) is 18.3 Å². The third kappa shape index (κ3) is 3.49. The number of aromatic nitrogens is 2. The number of amides is 1. The van der Waals surface area contributed by atoms with Crippen LogP contribution in [0.25, 0.3) is 10.2 Å². The maximum absolute atomic E-state index is 12.5.